The van der Waals surface area contributed by atoms with Gasteiger partial charge < -0.3 is 14.5 Å². The first-order valence-corrected chi connectivity index (χ1v) is 11.2. The number of nitrogens with one attached hydrogen (secondary N) is 1. The number of benzene rings is 2. The van der Waals surface area contributed by atoms with Crippen LogP contribution in [0.4, 0.5) is 0 Å². The lowest BCUT2D eigenvalue weighted by Crippen LogP contribution is -2.30. The van der Waals surface area contributed by atoms with Gasteiger partial charge in [0, 0.05) is 48.4 Å². The van der Waals surface area contributed by atoms with Gasteiger partial charge in [-0.1, -0.05) is 36.4 Å². The van der Waals surface area contributed by atoms with E-state index < -0.39 is 0 Å². The van der Waals surface area contributed by atoms with Crippen LogP contribution in [0.5, 0.6) is 5.75 Å². The Morgan fingerprint density at radius 2 is 2.03 bits per heavy atom. The van der Waals surface area contributed by atoms with E-state index in [0.29, 0.717) is 5.92 Å². The Labute approximate surface area is 189 Å². The molecule has 32 heavy (non-hydrogen) atoms. The summed E-state index contributed by atoms with van der Waals surface area (Å²) in [5.41, 5.74) is 5.70. The number of aromatic nitrogens is 2. The third-order valence-electron chi connectivity index (χ3n) is 6.14. The van der Waals surface area contributed by atoms with Crippen molar-refractivity contribution in [1.29, 1.82) is 0 Å². The molecule has 0 amide bonds. The van der Waals surface area contributed by atoms with E-state index in [4.69, 9.17) is 14.5 Å². The highest BCUT2D eigenvalue weighted by Crippen LogP contribution is 2.30. The number of fused-ring (bicyclic) bond motifs is 1. The zero-order chi connectivity index (χ0) is 21.8. The van der Waals surface area contributed by atoms with Crippen LogP contribution in [0.25, 0.3) is 22.2 Å². The van der Waals surface area contributed by atoms with Gasteiger partial charge in [0.15, 0.2) is 0 Å². The van der Waals surface area contributed by atoms with E-state index in [0.717, 1.165) is 67.3 Å². The van der Waals surface area contributed by atoms with E-state index in [1.807, 2.05) is 18.3 Å². The highest BCUT2D eigenvalue weighted by Gasteiger charge is 2.20. The van der Waals surface area contributed by atoms with Crippen molar-refractivity contribution in [2.75, 3.05) is 33.4 Å². The van der Waals surface area contributed by atoms with E-state index in [1.54, 1.807) is 7.11 Å². The molecule has 1 aliphatic rings. The Morgan fingerprint density at radius 1 is 1.09 bits per heavy atom. The molecule has 164 valence electrons. The van der Waals surface area contributed by atoms with Gasteiger partial charge in [0.2, 0.25) is 0 Å². The van der Waals surface area contributed by atoms with Crippen LogP contribution in [0, 0.1) is 5.92 Å². The maximum absolute atomic E-state index is 5.95. The number of pyridine rings is 1. The lowest BCUT2D eigenvalue weighted by Gasteiger charge is -2.23. The van der Waals surface area contributed by atoms with Gasteiger partial charge in [-0.25, -0.2) is 4.98 Å². The number of rotatable bonds is 6. The number of nitrogens with zero attached hydrogens (tertiary/aromatic N) is 2. The minimum absolute atomic E-state index is 0.426. The molecular formula is C27H29N3O2. The molecule has 1 saturated heterocycles. The van der Waals surface area contributed by atoms with Gasteiger partial charge in [-0.2, -0.15) is 0 Å². The third-order valence-corrected chi connectivity index (χ3v) is 6.14. The Bertz CT molecular complexity index is 1190. The summed E-state index contributed by atoms with van der Waals surface area (Å²) >= 11 is 0. The molecule has 1 N–H and O–H groups in total. The first-order valence-electron chi connectivity index (χ1n) is 11.2. The molecule has 5 rings (SSSR count). The van der Waals surface area contributed by atoms with Crippen molar-refractivity contribution in [3.05, 3.63) is 84.2 Å². The van der Waals surface area contributed by atoms with E-state index in [-0.39, 0.29) is 0 Å². The standard InChI is InChI=1S/C27H29N3O2/c1-31-26-8-3-2-7-25(26)23-6-4-5-20(15-23)17-30-13-14-32-19-21(18-30)16-24-10-9-22-11-12-28-27(22)29-24/h2-12,15,21H,13-14,16-19H2,1H3,(H,28,29). The van der Waals surface area contributed by atoms with Crippen LogP contribution in [-0.2, 0) is 17.7 Å². The first-order chi connectivity index (χ1) is 15.8. The lowest BCUT2D eigenvalue weighted by atomic mass is 10.0. The molecule has 2 aromatic carbocycles. The molecular weight excluding hydrogens is 398 g/mol. The number of methoxy groups -OCH3 is 1. The Hall–Kier alpha value is -3.15. The van der Waals surface area contributed by atoms with Gasteiger partial charge in [0.05, 0.1) is 20.3 Å². The highest BCUT2D eigenvalue weighted by molar-refractivity contribution is 5.75. The molecule has 0 aliphatic carbocycles. The lowest BCUT2D eigenvalue weighted by molar-refractivity contribution is 0.121. The molecule has 0 bridgehead atoms. The Balaban J connectivity index is 1.29. The minimum Gasteiger partial charge on any atom is -0.496 e. The zero-order valence-electron chi connectivity index (χ0n) is 18.5. The van der Waals surface area contributed by atoms with Crippen molar-refractivity contribution in [2.45, 2.75) is 13.0 Å². The topological polar surface area (TPSA) is 50.4 Å². The van der Waals surface area contributed by atoms with Crippen LogP contribution in [-0.4, -0.2) is 48.3 Å². The average molecular weight is 428 g/mol. The maximum atomic E-state index is 5.95. The molecule has 0 spiro atoms. The summed E-state index contributed by atoms with van der Waals surface area (Å²) in [6.45, 7) is 4.40. The number of hydrogen-bond donors (Lipinski definition) is 1. The second-order valence-corrected chi connectivity index (χ2v) is 8.50. The fourth-order valence-corrected chi connectivity index (χ4v) is 4.58. The second kappa shape index (κ2) is 9.55. The van der Waals surface area contributed by atoms with Crippen LogP contribution in [0.15, 0.2) is 72.9 Å². The van der Waals surface area contributed by atoms with Crippen LogP contribution < -0.4 is 4.74 Å². The van der Waals surface area contributed by atoms with Crippen LogP contribution in [0.1, 0.15) is 11.3 Å². The summed E-state index contributed by atoms with van der Waals surface area (Å²) in [7, 11) is 1.72. The van der Waals surface area contributed by atoms with E-state index >= 15 is 0 Å². The van der Waals surface area contributed by atoms with Gasteiger partial charge in [0.1, 0.15) is 11.4 Å². The molecule has 4 aromatic rings. The predicted octanol–water partition coefficient (Wildman–Crippen LogP) is 4.93. The maximum Gasteiger partial charge on any atom is 0.137 e. The quantitative estimate of drug-likeness (QED) is 0.474. The summed E-state index contributed by atoms with van der Waals surface area (Å²) in [6, 6.07) is 23.3. The number of para-hydroxylation sites is 1. The molecule has 0 radical (unpaired) electrons. The van der Waals surface area contributed by atoms with Crippen LogP contribution >= 0.6 is 0 Å². The van der Waals surface area contributed by atoms with Crippen molar-refractivity contribution in [3.63, 3.8) is 0 Å². The van der Waals surface area contributed by atoms with Gasteiger partial charge >= 0.3 is 0 Å². The fourth-order valence-electron chi connectivity index (χ4n) is 4.58. The third kappa shape index (κ3) is 4.69. The summed E-state index contributed by atoms with van der Waals surface area (Å²) in [4.78, 5) is 10.5. The molecule has 1 unspecified atom stereocenters. The van der Waals surface area contributed by atoms with Gasteiger partial charge in [-0.3, -0.25) is 4.90 Å². The molecule has 2 aromatic heterocycles. The zero-order valence-corrected chi connectivity index (χ0v) is 18.5. The minimum atomic E-state index is 0.426. The highest BCUT2D eigenvalue weighted by atomic mass is 16.5. The molecule has 5 heteroatoms. The SMILES string of the molecule is COc1ccccc1-c1cccc(CN2CCOCC(Cc3ccc4cc[nH]c4n3)C2)c1. The van der Waals surface area contributed by atoms with Crippen molar-refractivity contribution in [3.8, 4) is 16.9 Å². The normalized spacial score (nSPS) is 17.3. The molecule has 1 atom stereocenters. The summed E-state index contributed by atoms with van der Waals surface area (Å²) in [6.07, 6.45) is 2.86. The largest absolute Gasteiger partial charge is 0.496 e. The second-order valence-electron chi connectivity index (χ2n) is 8.50. The molecule has 1 fully saturated rings. The monoisotopic (exact) mass is 427 g/mol. The number of hydrogen-bond acceptors (Lipinski definition) is 4. The van der Waals surface area contributed by atoms with E-state index in [9.17, 15) is 0 Å². The molecule has 0 saturated carbocycles. The van der Waals surface area contributed by atoms with Crippen LogP contribution in [0.3, 0.4) is 0 Å². The molecule has 3 heterocycles. The Kier molecular flexibility index (Phi) is 6.19. The van der Waals surface area contributed by atoms with Crippen molar-refractivity contribution >= 4 is 11.0 Å². The van der Waals surface area contributed by atoms with E-state index in [2.05, 4.69) is 64.5 Å². The summed E-state index contributed by atoms with van der Waals surface area (Å²) in [5.74, 6) is 1.33. The predicted molar refractivity (Wildman–Crippen MR) is 128 cm³/mol. The Morgan fingerprint density at radius 3 is 2.97 bits per heavy atom. The first kappa shape index (κ1) is 20.7. The van der Waals surface area contributed by atoms with Gasteiger partial charge in [-0.05, 0) is 47.9 Å². The average Bonchev–Trinajstić information content (AvgIpc) is 3.19. The summed E-state index contributed by atoms with van der Waals surface area (Å²) in [5, 5.41) is 1.16. The molecule has 1 aliphatic heterocycles. The van der Waals surface area contributed by atoms with Gasteiger partial charge in [0.25, 0.3) is 0 Å². The van der Waals surface area contributed by atoms with Crippen molar-refractivity contribution in [1.82, 2.24) is 14.9 Å². The van der Waals surface area contributed by atoms with Crippen LogP contribution in [0.2, 0.25) is 0 Å². The number of ether oxygens (including phenoxy) is 2. The molecule has 5 nitrogen and oxygen atoms in total. The van der Waals surface area contributed by atoms with E-state index in [1.165, 1.54) is 11.1 Å². The summed E-state index contributed by atoms with van der Waals surface area (Å²) < 4.78 is 11.5. The van der Waals surface area contributed by atoms with Crippen molar-refractivity contribution < 1.29 is 9.47 Å². The number of aromatic amines is 1. The van der Waals surface area contributed by atoms with Gasteiger partial charge in [-0.15, -0.1) is 0 Å². The number of H-pyrrole nitrogens is 1. The fraction of sp³-hybridized carbons (Fsp3) is 0.296. The smallest absolute Gasteiger partial charge is 0.137 e. The van der Waals surface area contributed by atoms with Crippen molar-refractivity contribution in [2.24, 2.45) is 5.92 Å².